The first kappa shape index (κ1) is 23.3. The van der Waals surface area contributed by atoms with E-state index in [2.05, 4.69) is 5.32 Å². The highest BCUT2D eigenvalue weighted by Gasteiger charge is 2.37. The zero-order chi connectivity index (χ0) is 24.2. The van der Waals surface area contributed by atoms with Gasteiger partial charge >= 0.3 is 5.97 Å². The van der Waals surface area contributed by atoms with Crippen LogP contribution < -0.4 is 5.32 Å². The van der Waals surface area contributed by atoms with Gasteiger partial charge in [0.2, 0.25) is 5.91 Å². The number of amides is 1. The van der Waals surface area contributed by atoms with E-state index in [0.717, 1.165) is 35.7 Å². The van der Waals surface area contributed by atoms with Gasteiger partial charge < -0.3 is 10.4 Å². The molecule has 1 amide bonds. The lowest BCUT2D eigenvalue weighted by Gasteiger charge is -2.14. The molecule has 0 aromatic heterocycles. The molecule has 4 rings (SSSR count). The summed E-state index contributed by atoms with van der Waals surface area (Å²) in [4.78, 5) is 36.4. The number of hydrogen-bond acceptors (Lipinski definition) is 3. The molecule has 1 aliphatic carbocycles. The molecule has 2 atom stereocenters. The van der Waals surface area contributed by atoms with Crippen LogP contribution in [0.1, 0.15) is 35.2 Å². The van der Waals surface area contributed by atoms with E-state index in [1.807, 2.05) is 24.3 Å². The largest absolute Gasteiger partial charge is 0.481 e. The maximum absolute atomic E-state index is 13.3. The van der Waals surface area contributed by atoms with Crippen molar-refractivity contribution >= 4 is 23.3 Å². The standard InChI is InChI=1S/C27H23F2NO4/c28-20-12-16(13-21(29)15-20)14-25(31)30-22-10-8-18(9-11-22)17-4-6-19(7-5-17)26(32)23-2-1-3-24(23)27(33)34/h4-13,15,23-24H,1-3,14H2,(H,30,31)(H,33,34). The monoisotopic (exact) mass is 463 g/mol. The summed E-state index contributed by atoms with van der Waals surface area (Å²) in [6.45, 7) is 0. The second-order valence-corrected chi connectivity index (χ2v) is 8.50. The van der Waals surface area contributed by atoms with Crippen molar-refractivity contribution in [2.24, 2.45) is 11.8 Å². The number of hydrogen-bond donors (Lipinski definition) is 2. The summed E-state index contributed by atoms with van der Waals surface area (Å²) in [5.74, 6) is -4.00. The number of anilines is 1. The highest BCUT2D eigenvalue weighted by atomic mass is 19.1. The average Bonchev–Trinajstić information content (AvgIpc) is 3.29. The van der Waals surface area contributed by atoms with Gasteiger partial charge in [0, 0.05) is 23.2 Å². The maximum atomic E-state index is 13.3. The van der Waals surface area contributed by atoms with Gasteiger partial charge in [0.05, 0.1) is 12.3 Å². The van der Waals surface area contributed by atoms with Crippen LogP contribution in [0.3, 0.4) is 0 Å². The van der Waals surface area contributed by atoms with Crippen molar-refractivity contribution in [1.29, 1.82) is 0 Å². The normalized spacial score (nSPS) is 17.4. The summed E-state index contributed by atoms with van der Waals surface area (Å²) in [5.41, 5.74) is 3.02. The summed E-state index contributed by atoms with van der Waals surface area (Å²) in [6, 6.07) is 17.1. The third-order valence-electron chi connectivity index (χ3n) is 6.13. The third-order valence-corrected chi connectivity index (χ3v) is 6.13. The Balaban J connectivity index is 1.39. The molecule has 0 aliphatic heterocycles. The van der Waals surface area contributed by atoms with Gasteiger partial charge in [0.15, 0.2) is 5.78 Å². The number of carboxylic acid groups (broad SMARTS) is 1. The molecule has 1 fully saturated rings. The topological polar surface area (TPSA) is 83.5 Å². The van der Waals surface area contributed by atoms with E-state index in [-0.39, 0.29) is 17.8 Å². The molecule has 0 bridgehead atoms. The Labute approximate surface area is 195 Å². The summed E-state index contributed by atoms with van der Waals surface area (Å²) in [7, 11) is 0. The van der Waals surface area contributed by atoms with Crippen molar-refractivity contribution < 1.29 is 28.3 Å². The number of carbonyl (C=O) groups excluding carboxylic acids is 2. The molecule has 3 aromatic carbocycles. The molecule has 0 radical (unpaired) electrons. The number of Topliss-reactive ketones (excluding diaryl/α,β-unsaturated/α-hetero) is 1. The number of aliphatic carboxylic acids is 1. The molecule has 5 nitrogen and oxygen atoms in total. The summed E-state index contributed by atoms with van der Waals surface area (Å²) < 4.78 is 26.6. The second kappa shape index (κ2) is 9.95. The first-order valence-electron chi connectivity index (χ1n) is 11.0. The van der Waals surface area contributed by atoms with Crippen LogP contribution in [-0.4, -0.2) is 22.8 Å². The predicted octanol–water partition coefficient (Wildman–Crippen LogP) is 5.50. The molecule has 0 spiro atoms. The number of rotatable bonds is 7. The number of halogens is 2. The summed E-state index contributed by atoms with van der Waals surface area (Å²) in [5, 5.41) is 12.0. The molecule has 7 heteroatoms. The molecule has 174 valence electrons. The van der Waals surface area contributed by atoms with Crippen molar-refractivity contribution in [3.8, 4) is 11.1 Å². The smallest absolute Gasteiger partial charge is 0.307 e. The molecule has 1 saturated carbocycles. The lowest BCUT2D eigenvalue weighted by molar-refractivity contribution is -0.142. The second-order valence-electron chi connectivity index (χ2n) is 8.50. The van der Waals surface area contributed by atoms with Crippen molar-refractivity contribution in [1.82, 2.24) is 0 Å². The molecule has 3 aromatic rings. The number of ketones is 1. The minimum atomic E-state index is -0.914. The van der Waals surface area contributed by atoms with E-state index in [9.17, 15) is 28.3 Å². The maximum Gasteiger partial charge on any atom is 0.307 e. The fourth-order valence-corrected chi connectivity index (χ4v) is 4.46. The van der Waals surface area contributed by atoms with Crippen LogP contribution in [0.4, 0.5) is 14.5 Å². The molecular weight excluding hydrogens is 440 g/mol. The molecule has 34 heavy (non-hydrogen) atoms. The fourth-order valence-electron chi connectivity index (χ4n) is 4.46. The van der Waals surface area contributed by atoms with Crippen LogP contribution in [0.15, 0.2) is 66.7 Å². The van der Waals surface area contributed by atoms with E-state index in [1.165, 1.54) is 0 Å². The predicted molar refractivity (Wildman–Crippen MR) is 123 cm³/mol. The van der Waals surface area contributed by atoms with E-state index >= 15 is 0 Å². The van der Waals surface area contributed by atoms with Gasteiger partial charge in [-0.1, -0.05) is 42.8 Å². The van der Waals surface area contributed by atoms with Gasteiger partial charge in [-0.05, 0) is 53.8 Å². The van der Waals surface area contributed by atoms with Gasteiger partial charge in [-0.25, -0.2) is 8.78 Å². The lowest BCUT2D eigenvalue weighted by Crippen LogP contribution is -2.25. The van der Waals surface area contributed by atoms with Crippen LogP contribution in [0.5, 0.6) is 0 Å². The Morgan fingerprint density at radius 3 is 1.97 bits per heavy atom. The number of benzene rings is 3. The van der Waals surface area contributed by atoms with E-state index in [1.54, 1.807) is 24.3 Å². The van der Waals surface area contributed by atoms with Crippen molar-refractivity contribution in [2.45, 2.75) is 25.7 Å². The van der Waals surface area contributed by atoms with Crippen molar-refractivity contribution in [2.75, 3.05) is 5.32 Å². The zero-order valence-electron chi connectivity index (χ0n) is 18.3. The summed E-state index contributed by atoms with van der Waals surface area (Å²) in [6.07, 6.45) is 1.72. The number of nitrogens with one attached hydrogen (secondary N) is 1. The molecule has 2 unspecified atom stereocenters. The Hall–Kier alpha value is -3.87. The van der Waals surface area contributed by atoms with Gasteiger partial charge in [-0.15, -0.1) is 0 Å². The van der Waals surface area contributed by atoms with Gasteiger partial charge in [-0.3, -0.25) is 14.4 Å². The Kier molecular flexibility index (Phi) is 6.82. The highest BCUT2D eigenvalue weighted by Crippen LogP contribution is 2.35. The van der Waals surface area contributed by atoms with E-state index in [4.69, 9.17) is 0 Å². The van der Waals surface area contributed by atoms with Crippen molar-refractivity contribution in [3.63, 3.8) is 0 Å². The molecule has 0 saturated heterocycles. The van der Waals surface area contributed by atoms with Gasteiger partial charge in [-0.2, -0.15) is 0 Å². The quantitative estimate of drug-likeness (QED) is 0.454. The number of carboxylic acids is 1. The van der Waals surface area contributed by atoms with Crippen LogP contribution in [0.2, 0.25) is 0 Å². The first-order valence-corrected chi connectivity index (χ1v) is 11.0. The minimum Gasteiger partial charge on any atom is -0.481 e. The first-order chi connectivity index (χ1) is 16.3. The minimum absolute atomic E-state index is 0.132. The van der Waals surface area contributed by atoms with Gasteiger partial charge in [0.25, 0.3) is 0 Å². The Morgan fingerprint density at radius 1 is 0.824 bits per heavy atom. The van der Waals surface area contributed by atoms with Gasteiger partial charge in [0.1, 0.15) is 11.6 Å². The van der Waals surface area contributed by atoms with Crippen molar-refractivity contribution in [3.05, 3.63) is 89.5 Å². The average molecular weight is 463 g/mol. The van der Waals surface area contributed by atoms with Crippen LogP contribution in [0, 0.1) is 23.5 Å². The van der Waals surface area contributed by atoms with Crippen LogP contribution in [-0.2, 0) is 16.0 Å². The third kappa shape index (κ3) is 5.36. The zero-order valence-corrected chi connectivity index (χ0v) is 18.3. The molecule has 1 aliphatic rings. The fraction of sp³-hybridized carbons (Fsp3) is 0.222. The lowest BCUT2D eigenvalue weighted by atomic mass is 9.88. The molecular formula is C27H23F2NO4. The number of carbonyl (C=O) groups is 3. The highest BCUT2D eigenvalue weighted by molar-refractivity contribution is 6.00. The Morgan fingerprint density at radius 2 is 1.38 bits per heavy atom. The van der Waals surface area contributed by atoms with Crippen LogP contribution in [0.25, 0.3) is 11.1 Å². The SMILES string of the molecule is O=C(Cc1cc(F)cc(F)c1)Nc1ccc(-c2ccc(C(=O)C3CCCC3C(=O)O)cc2)cc1. The molecule has 0 heterocycles. The summed E-state index contributed by atoms with van der Waals surface area (Å²) >= 11 is 0. The van der Waals surface area contributed by atoms with E-state index in [0.29, 0.717) is 24.1 Å². The van der Waals surface area contributed by atoms with Crippen LogP contribution >= 0.6 is 0 Å². The van der Waals surface area contributed by atoms with E-state index < -0.39 is 35.3 Å². The Bertz CT molecular complexity index is 1200. The molecule has 2 N–H and O–H groups in total.